The Morgan fingerprint density at radius 2 is 2.27 bits per heavy atom. The maximum Gasteiger partial charge on any atom is 0.231 e. The normalized spacial score (nSPS) is 24.9. The summed E-state index contributed by atoms with van der Waals surface area (Å²) in [5.41, 5.74) is 1.15. The van der Waals surface area contributed by atoms with Gasteiger partial charge in [0, 0.05) is 38.0 Å². The highest BCUT2D eigenvalue weighted by Crippen LogP contribution is 2.36. The van der Waals surface area contributed by atoms with Crippen molar-refractivity contribution in [3.63, 3.8) is 0 Å². The maximum absolute atomic E-state index is 11.7. The number of ether oxygens (including phenoxy) is 2. The van der Waals surface area contributed by atoms with Crippen LogP contribution in [0.1, 0.15) is 31.7 Å². The summed E-state index contributed by atoms with van der Waals surface area (Å²) in [4.78, 5) is 18.9. The summed E-state index contributed by atoms with van der Waals surface area (Å²) in [5, 5.41) is 6.41. The molecule has 3 aliphatic rings. The summed E-state index contributed by atoms with van der Waals surface area (Å²) < 4.78 is 10.8. The fourth-order valence-electron chi connectivity index (χ4n) is 4.06. The summed E-state index contributed by atoms with van der Waals surface area (Å²) in [6, 6.07) is 5.95. The number of nitrogens with zero attached hydrogens (tertiary/aromatic N) is 2. The van der Waals surface area contributed by atoms with E-state index in [1.54, 1.807) is 0 Å². The molecule has 2 fully saturated rings. The number of nitrogens with one attached hydrogen (secondary N) is 2. The van der Waals surface area contributed by atoms with Crippen LogP contribution >= 0.6 is 0 Å². The second-order valence-electron chi connectivity index (χ2n) is 7.34. The quantitative estimate of drug-likeness (QED) is 0.632. The highest BCUT2D eigenvalue weighted by atomic mass is 16.7. The average Bonchev–Trinajstić information content (AvgIpc) is 3.25. The Kier molecular flexibility index (Phi) is 4.61. The first-order chi connectivity index (χ1) is 12.7. The van der Waals surface area contributed by atoms with Gasteiger partial charge in [-0.15, -0.1) is 0 Å². The highest BCUT2D eigenvalue weighted by molar-refractivity contribution is 5.81. The van der Waals surface area contributed by atoms with Gasteiger partial charge in [-0.25, -0.2) is 4.99 Å². The number of fused-ring (bicyclic) bond motifs is 1. The van der Waals surface area contributed by atoms with E-state index < -0.39 is 0 Å². The third kappa shape index (κ3) is 3.43. The van der Waals surface area contributed by atoms with Crippen molar-refractivity contribution in [1.82, 2.24) is 15.5 Å². The molecule has 3 aliphatic heterocycles. The van der Waals surface area contributed by atoms with Gasteiger partial charge in [0.1, 0.15) is 0 Å². The first-order valence-corrected chi connectivity index (χ1v) is 9.36. The van der Waals surface area contributed by atoms with E-state index in [4.69, 9.17) is 14.5 Å². The molecule has 3 heterocycles. The lowest BCUT2D eigenvalue weighted by Crippen LogP contribution is -2.51. The average molecular weight is 358 g/mol. The number of hydrogen-bond acceptors (Lipinski definition) is 4. The molecule has 1 aromatic rings. The Bertz CT molecular complexity index is 721. The van der Waals surface area contributed by atoms with Gasteiger partial charge < -0.3 is 25.0 Å². The summed E-state index contributed by atoms with van der Waals surface area (Å²) >= 11 is 0. The van der Waals surface area contributed by atoms with E-state index in [0.29, 0.717) is 13.0 Å². The molecule has 7 heteroatoms. The molecule has 0 saturated carbocycles. The molecule has 26 heavy (non-hydrogen) atoms. The molecule has 1 amide bonds. The molecule has 140 valence electrons. The summed E-state index contributed by atoms with van der Waals surface area (Å²) in [6.45, 7) is 6.40. The van der Waals surface area contributed by atoms with Crippen molar-refractivity contribution < 1.29 is 14.3 Å². The van der Waals surface area contributed by atoms with E-state index in [1.807, 2.05) is 18.2 Å². The zero-order valence-corrected chi connectivity index (χ0v) is 15.2. The second kappa shape index (κ2) is 7.05. The number of guanidine groups is 1. The van der Waals surface area contributed by atoms with Gasteiger partial charge in [-0.1, -0.05) is 6.07 Å². The minimum absolute atomic E-state index is 0.0598. The zero-order chi connectivity index (χ0) is 18.0. The van der Waals surface area contributed by atoms with Crippen LogP contribution in [0.15, 0.2) is 23.2 Å². The molecular weight excluding hydrogens is 332 g/mol. The lowest BCUT2D eigenvalue weighted by Gasteiger charge is -2.40. The van der Waals surface area contributed by atoms with Crippen LogP contribution in [-0.4, -0.2) is 49.7 Å². The maximum atomic E-state index is 11.7. The highest BCUT2D eigenvalue weighted by Gasteiger charge is 2.42. The van der Waals surface area contributed by atoms with Gasteiger partial charge in [0.15, 0.2) is 17.5 Å². The number of carbonyl (C=O) groups excluding carboxylic acids is 1. The third-order valence-electron chi connectivity index (χ3n) is 5.34. The van der Waals surface area contributed by atoms with Crippen LogP contribution in [0.5, 0.6) is 11.5 Å². The Morgan fingerprint density at radius 1 is 1.38 bits per heavy atom. The number of piperidine rings is 1. The van der Waals surface area contributed by atoms with Crippen molar-refractivity contribution in [3.05, 3.63) is 23.8 Å². The van der Waals surface area contributed by atoms with Crippen molar-refractivity contribution in [2.75, 3.05) is 33.0 Å². The standard InChI is InChI=1S/C19H26N4O3/c1-2-20-18(21-10-14-4-5-15-16(8-14)26-13-25-15)23-7-3-6-19(12-23)9-17(24)22-11-19/h4-5,8H,2-3,6-7,9-13H2,1H3,(H,20,21)(H,22,24). The van der Waals surface area contributed by atoms with E-state index >= 15 is 0 Å². The van der Waals surface area contributed by atoms with Gasteiger partial charge in [0.05, 0.1) is 6.54 Å². The van der Waals surface area contributed by atoms with E-state index in [1.165, 1.54) is 0 Å². The summed E-state index contributed by atoms with van der Waals surface area (Å²) in [7, 11) is 0. The third-order valence-corrected chi connectivity index (χ3v) is 5.34. The number of amides is 1. The van der Waals surface area contributed by atoms with Gasteiger partial charge in [0.2, 0.25) is 12.7 Å². The SMILES string of the molecule is CCNC(=NCc1ccc2c(c1)OCO2)N1CCCC2(CNC(=O)C2)C1. The van der Waals surface area contributed by atoms with Gasteiger partial charge >= 0.3 is 0 Å². The molecule has 1 aromatic carbocycles. The number of likely N-dealkylation sites (tertiary alicyclic amines) is 1. The molecule has 1 spiro atoms. The van der Waals surface area contributed by atoms with E-state index in [0.717, 1.165) is 62.0 Å². The predicted molar refractivity (Wildman–Crippen MR) is 98.2 cm³/mol. The largest absolute Gasteiger partial charge is 0.454 e. The molecular formula is C19H26N4O3. The van der Waals surface area contributed by atoms with Gasteiger partial charge in [-0.3, -0.25) is 4.79 Å². The number of benzene rings is 1. The minimum atomic E-state index is 0.0598. The number of hydrogen-bond donors (Lipinski definition) is 2. The van der Waals surface area contributed by atoms with Crippen LogP contribution in [0.4, 0.5) is 0 Å². The van der Waals surface area contributed by atoms with Crippen molar-refractivity contribution in [1.29, 1.82) is 0 Å². The second-order valence-corrected chi connectivity index (χ2v) is 7.34. The molecule has 0 aliphatic carbocycles. The van der Waals surface area contributed by atoms with Crippen LogP contribution in [0, 0.1) is 5.41 Å². The molecule has 0 aromatic heterocycles. The first-order valence-electron chi connectivity index (χ1n) is 9.36. The molecule has 0 radical (unpaired) electrons. The smallest absolute Gasteiger partial charge is 0.231 e. The van der Waals surface area contributed by atoms with E-state index in [-0.39, 0.29) is 18.1 Å². The van der Waals surface area contributed by atoms with Gasteiger partial charge in [0.25, 0.3) is 0 Å². The first kappa shape index (κ1) is 17.0. The Labute approximate surface area is 153 Å². The van der Waals surface area contributed by atoms with E-state index in [2.05, 4.69) is 22.5 Å². The number of aliphatic imine (C=N–C) groups is 1. The summed E-state index contributed by atoms with van der Waals surface area (Å²) in [5.74, 6) is 2.67. The monoisotopic (exact) mass is 358 g/mol. The molecule has 1 atom stereocenters. The topological polar surface area (TPSA) is 75.2 Å². The van der Waals surface area contributed by atoms with Crippen LogP contribution < -0.4 is 20.1 Å². The van der Waals surface area contributed by atoms with Gasteiger partial charge in [-0.2, -0.15) is 0 Å². The molecule has 1 unspecified atom stereocenters. The van der Waals surface area contributed by atoms with E-state index in [9.17, 15) is 4.79 Å². The Hall–Kier alpha value is -2.44. The lowest BCUT2D eigenvalue weighted by atomic mass is 9.79. The van der Waals surface area contributed by atoms with Crippen molar-refractivity contribution >= 4 is 11.9 Å². The fourth-order valence-corrected chi connectivity index (χ4v) is 4.06. The Balaban J connectivity index is 1.48. The fraction of sp³-hybridized carbons (Fsp3) is 0.579. The van der Waals surface area contributed by atoms with Gasteiger partial charge in [-0.05, 0) is 37.5 Å². The molecule has 0 bridgehead atoms. The van der Waals surface area contributed by atoms with Crippen LogP contribution in [0.2, 0.25) is 0 Å². The predicted octanol–water partition coefficient (Wildman–Crippen LogP) is 1.48. The molecule has 7 nitrogen and oxygen atoms in total. The zero-order valence-electron chi connectivity index (χ0n) is 15.2. The minimum Gasteiger partial charge on any atom is -0.454 e. The van der Waals surface area contributed by atoms with Crippen molar-refractivity contribution in [3.8, 4) is 11.5 Å². The molecule has 2 saturated heterocycles. The number of carbonyl (C=O) groups is 1. The lowest BCUT2D eigenvalue weighted by molar-refractivity contribution is -0.119. The molecule has 4 rings (SSSR count). The summed E-state index contributed by atoms with van der Waals surface area (Å²) in [6.07, 6.45) is 2.82. The number of rotatable bonds is 3. The van der Waals surface area contributed by atoms with Crippen LogP contribution in [0.25, 0.3) is 0 Å². The Morgan fingerprint density at radius 3 is 3.08 bits per heavy atom. The van der Waals surface area contributed by atoms with Crippen molar-refractivity contribution in [2.45, 2.75) is 32.7 Å². The van der Waals surface area contributed by atoms with Crippen molar-refractivity contribution in [2.24, 2.45) is 10.4 Å². The van der Waals surface area contributed by atoms with Crippen LogP contribution in [0.3, 0.4) is 0 Å². The molecule has 2 N–H and O–H groups in total. The van der Waals surface area contributed by atoms with Crippen LogP contribution in [-0.2, 0) is 11.3 Å².